The standard InChI is InChI=1S/C31H29F6NO5/c1-41-26-11-20(12-27(18-26)42-2)13-28(39)43-25-8-9-38(24(17-25)10-19-6-4-3-5-7-19)29(40)21-14-22(30(32,33)34)16-23(15-21)31(35,36)37/h3-7,11-12,14-16,18,24-25H,8-10,13,17H2,1-2H3/t24-,25+/m1/s1. The maximum Gasteiger partial charge on any atom is 0.416 e. The maximum atomic E-state index is 13.5. The van der Waals surface area contributed by atoms with Crippen molar-refractivity contribution in [2.24, 2.45) is 0 Å². The van der Waals surface area contributed by atoms with Crippen LogP contribution in [0.1, 0.15) is 45.5 Å². The number of hydrogen-bond donors (Lipinski definition) is 0. The van der Waals surface area contributed by atoms with Gasteiger partial charge in [-0.2, -0.15) is 26.3 Å². The predicted molar refractivity (Wildman–Crippen MR) is 144 cm³/mol. The molecule has 0 aromatic heterocycles. The normalized spacial score (nSPS) is 17.3. The zero-order chi connectivity index (χ0) is 31.4. The van der Waals surface area contributed by atoms with Gasteiger partial charge in [0.2, 0.25) is 0 Å². The van der Waals surface area contributed by atoms with Crippen LogP contribution >= 0.6 is 0 Å². The Kier molecular flexibility index (Phi) is 9.56. The Labute approximate surface area is 244 Å². The van der Waals surface area contributed by atoms with Crippen LogP contribution in [0.25, 0.3) is 0 Å². The summed E-state index contributed by atoms with van der Waals surface area (Å²) in [6.07, 6.45) is -10.4. The highest BCUT2D eigenvalue weighted by atomic mass is 19.4. The molecule has 43 heavy (non-hydrogen) atoms. The second-order valence-electron chi connectivity index (χ2n) is 10.2. The quantitative estimate of drug-likeness (QED) is 0.209. The van der Waals surface area contributed by atoms with Gasteiger partial charge in [-0.3, -0.25) is 9.59 Å². The van der Waals surface area contributed by atoms with Gasteiger partial charge in [0.25, 0.3) is 5.91 Å². The third kappa shape index (κ3) is 8.20. The maximum absolute atomic E-state index is 13.5. The molecular formula is C31H29F6NO5. The number of alkyl halides is 6. The van der Waals surface area contributed by atoms with E-state index >= 15 is 0 Å². The number of amides is 1. The van der Waals surface area contributed by atoms with E-state index in [-0.39, 0.29) is 38.3 Å². The van der Waals surface area contributed by atoms with Gasteiger partial charge in [0.15, 0.2) is 0 Å². The summed E-state index contributed by atoms with van der Waals surface area (Å²) in [5.41, 5.74) is -2.48. The number of hydrogen-bond acceptors (Lipinski definition) is 5. The van der Waals surface area contributed by atoms with Crippen LogP contribution in [0.2, 0.25) is 0 Å². The predicted octanol–water partition coefficient (Wildman–Crippen LogP) is 6.74. The van der Waals surface area contributed by atoms with Crippen molar-refractivity contribution < 1.29 is 50.1 Å². The lowest BCUT2D eigenvalue weighted by atomic mass is 9.92. The first-order valence-corrected chi connectivity index (χ1v) is 13.3. The van der Waals surface area contributed by atoms with Crippen LogP contribution in [0.4, 0.5) is 26.3 Å². The van der Waals surface area contributed by atoms with Crippen LogP contribution in [0.15, 0.2) is 66.7 Å². The highest BCUT2D eigenvalue weighted by Gasteiger charge is 2.39. The number of esters is 1. The number of carbonyl (C=O) groups excluding carboxylic acids is 2. The van der Waals surface area contributed by atoms with Crippen molar-refractivity contribution in [1.82, 2.24) is 4.90 Å². The topological polar surface area (TPSA) is 65.1 Å². The average molecular weight is 610 g/mol. The first-order valence-electron chi connectivity index (χ1n) is 13.3. The molecule has 1 amide bonds. The lowest BCUT2D eigenvalue weighted by Crippen LogP contribution is -2.49. The minimum atomic E-state index is -5.09. The minimum Gasteiger partial charge on any atom is -0.497 e. The van der Waals surface area contributed by atoms with E-state index in [9.17, 15) is 35.9 Å². The summed E-state index contributed by atoms with van der Waals surface area (Å²) in [6.45, 7) is -0.0428. The molecule has 1 aliphatic heterocycles. The Morgan fingerprint density at radius 1 is 0.814 bits per heavy atom. The number of nitrogens with zero attached hydrogens (tertiary/aromatic N) is 1. The molecule has 0 unspecified atom stereocenters. The summed E-state index contributed by atoms with van der Waals surface area (Å²) in [5, 5.41) is 0. The van der Waals surface area contributed by atoms with E-state index in [0.717, 1.165) is 5.56 Å². The van der Waals surface area contributed by atoms with E-state index < -0.39 is 53.1 Å². The van der Waals surface area contributed by atoms with Crippen molar-refractivity contribution in [1.29, 1.82) is 0 Å². The first-order chi connectivity index (χ1) is 20.3. The van der Waals surface area contributed by atoms with Crippen LogP contribution in [0, 0.1) is 0 Å². The van der Waals surface area contributed by atoms with Crippen molar-refractivity contribution in [2.75, 3.05) is 20.8 Å². The van der Waals surface area contributed by atoms with Gasteiger partial charge in [-0.1, -0.05) is 30.3 Å². The van der Waals surface area contributed by atoms with Gasteiger partial charge in [-0.05, 0) is 47.9 Å². The van der Waals surface area contributed by atoms with E-state index in [1.807, 2.05) is 0 Å². The van der Waals surface area contributed by atoms with Crippen molar-refractivity contribution in [3.63, 3.8) is 0 Å². The van der Waals surface area contributed by atoms with Gasteiger partial charge in [-0.25, -0.2) is 0 Å². The molecule has 0 saturated carbocycles. The average Bonchev–Trinajstić information content (AvgIpc) is 2.96. The Balaban J connectivity index is 1.56. The molecule has 0 N–H and O–H groups in total. The van der Waals surface area contributed by atoms with Gasteiger partial charge in [-0.15, -0.1) is 0 Å². The van der Waals surface area contributed by atoms with Gasteiger partial charge in [0, 0.05) is 37.1 Å². The minimum absolute atomic E-state index is 0.0121. The smallest absolute Gasteiger partial charge is 0.416 e. The lowest BCUT2D eigenvalue weighted by Gasteiger charge is -2.39. The fourth-order valence-corrected chi connectivity index (χ4v) is 5.08. The molecule has 12 heteroatoms. The second-order valence-corrected chi connectivity index (χ2v) is 10.2. The number of likely N-dealkylation sites (tertiary alicyclic amines) is 1. The summed E-state index contributed by atoms with van der Waals surface area (Å²) in [4.78, 5) is 27.6. The molecule has 3 aromatic carbocycles. The lowest BCUT2D eigenvalue weighted by molar-refractivity contribution is -0.151. The molecule has 0 bridgehead atoms. The molecular weight excluding hydrogens is 580 g/mol. The monoisotopic (exact) mass is 609 g/mol. The summed E-state index contributed by atoms with van der Waals surface area (Å²) >= 11 is 0. The fraction of sp³-hybridized carbons (Fsp3) is 0.355. The first kappa shape index (κ1) is 31.7. The summed E-state index contributed by atoms with van der Waals surface area (Å²) < 4.78 is 97.0. The second kappa shape index (κ2) is 13.0. The van der Waals surface area contributed by atoms with Gasteiger partial charge in [0.1, 0.15) is 17.6 Å². The Morgan fingerprint density at radius 2 is 1.40 bits per heavy atom. The van der Waals surface area contributed by atoms with Gasteiger partial charge >= 0.3 is 18.3 Å². The van der Waals surface area contributed by atoms with Gasteiger partial charge in [0.05, 0.1) is 31.8 Å². The number of carbonyl (C=O) groups is 2. The molecule has 0 radical (unpaired) electrons. The van der Waals surface area contributed by atoms with Crippen LogP contribution < -0.4 is 9.47 Å². The van der Waals surface area contributed by atoms with Crippen molar-refractivity contribution in [3.8, 4) is 11.5 Å². The van der Waals surface area contributed by atoms with E-state index in [4.69, 9.17) is 14.2 Å². The van der Waals surface area contributed by atoms with Crippen LogP contribution in [-0.4, -0.2) is 49.7 Å². The van der Waals surface area contributed by atoms with Crippen LogP contribution in [0.3, 0.4) is 0 Å². The van der Waals surface area contributed by atoms with E-state index in [0.29, 0.717) is 29.2 Å². The molecule has 2 atom stereocenters. The van der Waals surface area contributed by atoms with Crippen LogP contribution in [0.5, 0.6) is 11.5 Å². The third-order valence-corrected chi connectivity index (χ3v) is 7.14. The Morgan fingerprint density at radius 3 is 1.93 bits per heavy atom. The zero-order valence-electron chi connectivity index (χ0n) is 23.3. The third-order valence-electron chi connectivity index (χ3n) is 7.14. The summed E-state index contributed by atoms with van der Waals surface area (Å²) in [6, 6.07) is 14.1. The Hall–Kier alpha value is -4.22. The van der Waals surface area contributed by atoms with Gasteiger partial charge < -0.3 is 19.1 Å². The molecule has 1 fully saturated rings. The SMILES string of the molecule is COc1cc(CC(=O)O[C@H]2CCN(C(=O)c3cc(C(F)(F)F)cc(C(F)(F)F)c3)[C@H](Cc3ccccc3)C2)cc(OC)c1. The number of halogens is 6. The summed E-state index contributed by atoms with van der Waals surface area (Å²) in [5.74, 6) is -0.544. The van der Waals surface area contributed by atoms with Crippen LogP contribution in [-0.2, 0) is 34.7 Å². The molecule has 3 aromatic rings. The molecule has 0 spiro atoms. The van der Waals surface area contributed by atoms with Crippen molar-refractivity contribution in [3.05, 3.63) is 94.5 Å². The number of rotatable bonds is 8. The number of ether oxygens (including phenoxy) is 3. The van der Waals surface area contributed by atoms with E-state index in [1.165, 1.54) is 19.1 Å². The van der Waals surface area contributed by atoms with E-state index in [2.05, 4.69) is 0 Å². The number of piperidine rings is 1. The molecule has 1 saturated heterocycles. The molecule has 1 heterocycles. The Bertz CT molecular complexity index is 1390. The largest absolute Gasteiger partial charge is 0.497 e. The fourth-order valence-electron chi connectivity index (χ4n) is 5.08. The molecule has 230 valence electrons. The van der Waals surface area contributed by atoms with Crippen molar-refractivity contribution >= 4 is 11.9 Å². The van der Waals surface area contributed by atoms with E-state index in [1.54, 1.807) is 48.5 Å². The molecule has 0 aliphatic carbocycles. The number of methoxy groups -OCH3 is 2. The highest BCUT2D eigenvalue weighted by Crippen LogP contribution is 2.37. The molecule has 6 nitrogen and oxygen atoms in total. The summed E-state index contributed by atoms with van der Waals surface area (Å²) in [7, 11) is 2.95. The molecule has 1 aliphatic rings. The van der Waals surface area contributed by atoms with Crippen molar-refractivity contribution in [2.45, 2.75) is 50.2 Å². The highest BCUT2D eigenvalue weighted by molar-refractivity contribution is 5.95. The molecule has 4 rings (SSSR count). The number of benzene rings is 3. The zero-order valence-corrected chi connectivity index (χ0v) is 23.3.